The molecule has 4 heteroatoms. The van der Waals surface area contributed by atoms with Gasteiger partial charge in [-0.1, -0.05) is 57.4 Å². The fourth-order valence-corrected chi connectivity index (χ4v) is 4.94. The Morgan fingerprint density at radius 2 is 1.62 bits per heavy atom. The van der Waals surface area contributed by atoms with Crippen LogP contribution < -0.4 is 5.73 Å². The van der Waals surface area contributed by atoms with Gasteiger partial charge in [0.15, 0.2) is 0 Å². The van der Waals surface area contributed by atoms with Gasteiger partial charge in [0.25, 0.3) is 0 Å². The molecule has 0 heterocycles. The molecular formula is C17H27NO2S. The standard InChI is InChI=1S/C17H27NO2S/c1-16(2,13-21(3,19)20)14-7-9-15(10-8-14)17(18)11-5-4-6-12-17/h7-10H,4-6,11-13,18H2,1-3H3. The second kappa shape index (κ2) is 5.73. The summed E-state index contributed by atoms with van der Waals surface area (Å²) in [6, 6.07) is 8.27. The maximum Gasteiger partial charge on any atom is 0.148 e. The van der Waals surface area contributed by atoms with Crippen LogP contribution in [0.4, 0.5) is 0 Å². The molecule has 2 rings (SSSR count). The van der Waals surface area contributed by atoms with E-state index in [-0.39, 0.29) is 16.7 Å². The molecule has 1 aromatic rings. The fraction of sp³-hybridized carbons (Fsp3) is 0.647. The van der Waals surface area contributed by atoms with Crippen LogP contribution in [0.15, 0.2) is 24.3 Å². The van der Waals surface area contributed by atoms with Crippen LogP contribution in [0.1, 0.15) is 57.1 Å². The number of benzene rings is 1. The highest BCUT2D eigenvalue weighted by atomic mass is 32.2. The van der Waals surface area contributed by atoms with Gasteiger partial charge in [0.2, 0.25) is 0 Å². The number of nitrogens with two attached hydrogens (primary N) is 1. The van der Waals surface area contributed by atoms with E-state index in [4.69, 9.17) is 5.73 Å². The van der Waals surface area contributed by atoms with E-state index >= 15 is 0 Å². The van der Waals surface area contributed by atoms with Crippen LogP contribution in [-0.2, 0) is 20.8 Å². The van der Waals surface area contributed by atoms with Gasteiger partial charge in [0.05, 0.1) is 5.75 Å². The minimum absolute atomic E-state index is 0.160. The Morgan fingerprint density at radius 3 is 2.10 bits per heavy atom. The van der Waals surface area contributed by atoms with Crippen LogP contribution in [-0.4, -0.2) is 20.4 Å². The second-order valence-electron chi connectivity index (χ2n) is 7.25. The van der Waals surface area contributed by atoms with Gasteiger partial charge in [-0.15, -0.1) is 0 Å². The van der Waals surface area contributed by atoms with Crippen LogP contribution in [0, 0.1) is 0 Å². The molecule has 0 aromatic heterocycles. The first-order valence-electron chi connectivity index (χ1n) is 7.70. The molecule has 1 aliphatic carbocycles. The van der Waals surface area contributed by atoms with Gasteiger partial charge in [-0.05, 0) is 24.0 Å². The van der Waals surface area contributed by atoms with Crippen molar-refractivity contribution in [3.8, 4) is 0 Å². The molecule has 0 aliphatic heterocycles. The predicted molar refractivity (Wildman–Crippen MR) is 88.1 cm³/mol. The lowest BCUT2D eigenvalue weighted by atomic mass is 9.76. The van der Waals surface area contributed by atoms with Gasteiger partial charge < -0.3 is 5.73 Å². The Labute approximate surface area is 128 Å². The Kier molecular flexibility index (Phi) is 4.50. The zero-order valence-electron chi connectivity index (χ0n) is 13.4. The van der Waals surface area contributed by atoms with Crippen molar-refractivity contribution < 1.29 is 8.42 Å². The summed E-state index contributed by atoms with van der Waals surface area (Å²) in [5.41, 5.74) is 8.21. The third kappa shape index (κ3) is 4.07. The summed E-state index contributed by atoms with van der Waals surface area (Å²) in [6.07, 6.45) is 7.03. The van der Waals surface area contributed by atoms with Gasteiger partial charge in [0, 0.05) is 17.2 Å². The zero-order valence-corrected chi connectivity index (χ0v) is 14.2. The average molecular weight is 309 g/mol. The van der Waals surface area contributed by atoms with Crippen LogP contribution in [0.2, 0.25) is 0 Å². The highest BCUT2D eigenvalue weighted by molar-refractivity contribution is 7.90. The molecular weight excluding hydrogens is 282 g/mol. The first-order valence-corrected chi connectivity index (χ1v) is 9.76. The van der Waals surface area contributed by atoms with Crippen molar-refractivity contribution >= 4 is 9.84 Å². The van der Waals surface area contributed by atoms with Crippen LogP contribution in [0.5, 0.6) is 0 Å². The van der Waals surface area contributed by atoms with Crippen molar-refractivity contribution in [3.05, 3.63) is 35.4 Å². The van der Waals surface area contributed by atoms with Crippen molar-refractivity contribution in [1.82, 2.24) is 0 Å². The highest BCUT2D eigenvalue weighted by Gasteiger charge is 2.30. The molecule has 118 valence electrons. The van der Waals surface area contributed by atoms with Crippen molar-refractivity contribution in [2.24, 2.45) is 5.73 Å². The lowest BCUT2D eigenvalue weighted by Crippen LogP contribution is -2.38. The summed E-state index contributed by atoms with van der Waals surface area (Å²) >= 11 is 0. The van der Waals surface area contributed by atoms with E-state index in [9.17, 15) is 8.42 Å². The van der Waals surface area contributed by atoms with E-state index < -0.39 is 9.84 Å². The van der Waals surface area contributed by atoms with E-state index in [1.165, 1.54) is 31.1 Å². The van der Waals surface area contributed by atoms with E-state index in [0.29, 0.717) is 0 Å². The summed E-state index contributed by atoms with van der Waals surface area (Å²) in [4.78, 5) is 0. The lowest BCUT2D eigenvalue weighted by molar-refractivity contribution is 0.302. The molecule has 0 bridgehead atoms. The quantitative estimate of drug-likeness (QED) is 0.929. The summed E-state index contributed by atoms with van der Waals surface area (Å²) < 4.78 is 23.1. The van der Waals surface area contributed by atoms with Gasteiger partial charge in [-0.25, -0.2) is 8.42 Å². The average Bonchev–Trinajstić information content (AvgIpc) is 2.37. The van der Waals surface area contributed by atoms with E-state index in [1.807, 2.05) is 26.0 Å². The first-order chi connectivity index (χ1) is 9.62. The van der Waals surface area contributed by atoms with Crippen LogP contribution >= 0.6 is 0 Å². The molecule has 1 saturated carbocycles. The maximum absolute atomic E-state index is 11.6. The van der Waals surface area contributed by atoms with E-state index in [0.717, 1.165) is 18.4 Å². The molecule has 0 saturated heterocycles. The molecule has 0 amide bonds. The summed E-state index contributed by atoms with van der Waals surface area (Å²) in [6.45, 7) is 3.95. The zero-order chi connectivity index (χ0) is 15.7. The number of hydrogen-bond donors (Lipinski definition) is 1. The Bertz CT molecular complexity index is 582. The first kappa shape index (κ1) is 16.5. The van der Waals surface area contributed by atoms with Crippen molar-refractivity contribution in [2.45, 2.75) is 56.9 Å². The van der Waals surface area contributed by atoms with Crippen molar-refractivity contribution in [2.75, 3.05) is 12.0 Å². The van der Waals surface area contributed by atoms with E-state index in [2.05, 4.69) is 12.1 Å². The van der Waals surface area contributed by atoms with Crippen LogP contribution in [0.3, 0.4) is 0 Å². The molecule has 1 fully saturated rings. The third-order valence-electron chi connectivity index (χ3n) is 4.61. The number of hydrogen-bond acceptors (Lipinski definition) is 3. The molecule has 0 atom stereocenters. The lowest BCUT2D eigenvalue weighted by Gasteiger charge is -2.34. The van der Waals surface area contributed by atoms with Gasteiger partial charge in [-0.3, -0.25) is 0 Å². The SMILES string of the molecule is CC(C)(CS(C)(=O)=O)c1ccc(C2(N)CCCCC2)cc1. The minimum atomic E-state index is -3.00. The van der Waals surface area contributed by atoms with Gasteiger partial charge in [0.1, 0.15) is 9.84 Å². The highest BCUT2D eigenvalue weighted by Crippen LogP contribution is 2.35. The topological polar surface area (TPSA) is 60.2 Å². The van der Waals surface area contributed by atoms with Crippen molar-refractivity contribution in [3.63, 3.8) is 0 Å². The van der Waals surface area contributed by atoms with Gasteiger partial charge >= 0.3 is 0 Å². The third-order valence-corrected chi connectivity index (χ3v) is 5.86. The van der Waals surface area contributed by atoms with E-state index in [1.54, 1.807) is 0 Å². The van der Waals surface area contributed by atoms with Gasteiger partial charge in [-0.2, -0.15) is 0 Å². The number of rotatable bonds is 4. The predicted octanol–water partition coefficient (Wildman–Crippen LogP) is 3.13. The summed E-state index contributed by atoms with van der Waals surface area (Å²) in [5, 5.41) is 0. The summed E-state index contributed by atoms with van der Waals surface area (Å²) in [5.74, 6) is 0.160. The molecule has 3 nitrogen and oxygen atoms in total. The largest absolute Gasteiger partial charge is 0.321 e. The molecule has 1 aromatic carbocycles. The monoisotopic (exact) mass is 309 g/mol. The molecule has 21 heavy (non-hydrogen) atoms. The molecule has 0 unspecified atom stereocenters. The Morgan fingerprint density at radius 1 is 1.10 bits per heavy atom. The smallest absolute Gasteiger partial charge is 0.148 e. The normalized spacial score (nSPS) is 19.4. The molecule has 2 N–H and O–H groups in total. The number of sulfone groups is 1. The van der Waals surface area contributed by atoms with Crippen LogP contribution in [0.25, 0.3) is 0 Å². The second-order valence-corrected chi connectivity index (χ2v) is 9.39. The fourth-order valence-electron chi connectivity index (χ4n) is 3.46. The molecule has 0 radical (unpaired) electrons. The van der Waals surface area contributed by atoms with Crippen molar-refractivity contribution in [1.29, 1.82) is 0 Å². The Hall–Kier alpha value is -0.870. The Balaban J connectivity index is 2.22. The maximum atomic E-state index is 11.6. The molecule has 0 spiro atoms. The minimum Gasteiger partial charge on any atom is -0.321 e. The summed E-state index contributed by atoms with van der Waals surface area (Å²) in [7, 11) is -3.00. The molecule has 1 aliphatic rings.